The lowest BCUT2D eigenvalue weighted by Crippen LogP contribution is -2.30. The Kier molecular flexibility index (Phi) is 6.30. The second kappa shape index (κ2) is 7.51. The highest BCUT2D eigenvalue weighted by Crippen LogP contribution is 2.10. The summed E-state index contributed by atoms with van der Waals surface area (Å²) < 4.78 is 5.36. The van der Waals surface area contributed by atoms with Crippen LogP contribution in [-0.4, -0.2) is 30.6 Å². The molecular formula is C14H26N2O. The Hall–Kier alpha value is -0.800. The van der Waals surface area contributed by atoms with Crippen molar-refractivity contribution in [2.45, 2.75) is 52.2 Å². The number of nitrogens with one attached hydrogen (secondary N) is 1. The molecule has 0 saturated heterocycles. The van der Waals surface area contributed by atoms with Gasteiger partial charge in [-0.15, -0.1) is 0 Å². The molecule has 0 amide bonds. The average Bonchev–Trinajstić information content (AvgIpc) is 2.76. The summed E-state index contributed by atoms with van der Waals surface area (Å²) in [5.41, 5.74) is 0. The van der Waals surface area contributed by atoms with Gasteiger partial charge in [0.25, 0.3) is 0 Å². The van der Waals surface area contributed by atoms with Crippen molar-refractivity contribution in [3.05, 3.63) is 24.2 Å². The smallest absolute Gasteiger partial charge is 0.117 e. The topological polar surface area (TPSA) is 28.4 Å². The van der Waals surface area contributed by atoms with Crippen molar-refractivity contribution >= 4 is 0 Å². The van der Waals surface area contributed by atoms with Gasteiger partial charge in [-0.2, -0.15) is 0 Å². The molecule has 1 heterocycles. The van der Waals surface area contributed by atoms with E-state index in [9.17, 15) is 0 Å². The lowest BCUT2D eigenvalue weighted by molar-refractivity contribution is 0.217. The molecule has 0 aliphatic carbocycles. The van der Waals surface area contributed by atoms with Crippen molar-refractivity contribution in [1.82, 2.24) is 10.2 Å². The van der Waals surface area contributed by atoms with Crippen molar-refractivity contribution in [3.8, 4) is 0 Å². The van der Waals surface area contributed by atoms with Gasteiger partial charge in [0.2, 0.25) is 0 Å². The zero-order valence-electron chi connectivity index (χ0n) is 11.6. The summed E-state index contributed by atoms with van der Waals surface area (Å²) in [5.74, 6) is 1.04. The highest BCUT2D eigenvalue weighted by atomic mass is 16.3. The molecule has 1 unspecified atom stereocenters. The molecule has 0 fully saturated rings. The standard InChI is InChI=1S/C14H26N2O/c1-12(2)15-9-5-7-13(3)16(4)11-14-8-6-10-17-14/h6,8,10,12-13,15H,5,7,9,11H2,1-4H3. The number of nitrogens with zero attached hydrogens (tertiary/aromatic N) is 1. The zero-order chi connectivity index (χ0) is 12.7. The van der Waals surface area contributed by atoms with E-state index in [1.807, 2.05) is 12.1 Å². The van der Waals surface area contributed by atoms with E-state index in [0.717, 1.165) is 18.8 Å². The molecule has 0 radical (unpaired) electrons. The van der Waals surface area contributed by atoms with Crippen LogP contribution >= 0.6 is 0 Å². The monoisotopic (exact) mass is 238 g/mol. The predicted octanol–water partition coefficient (Wildman–Crippen LogP) is 2.88. The third-order valence-corrected chi connectivity index (χ3v) is 3.09. The molecule has 0 aromatic carbocycles. The SMILES string of the molecule is CC(C)NCCCC(C)N(C)Cc1ccco1. The molecule has 3 heteroatoms. The van der Waals surface area contributed by atoms with Crippen LogP contribution in [-0.2, 0) is 6.54 Å². The van der Waals surface area contributed by atoms with Gasteiger partial charge in [0.1, 0.15) is 5.76 Å². The first-order valence-electron chi connectivity index (χ1n) is 6.55. The molecule has 1 aromatic rings. The highest BCUT2D eigenvalue weighted by Gasteiger charge is 2.10. The molecule has 0 spiro atoms. The van der Waals surface area contributed by atoms with E-state index in [1.165, 1.54) is 12.8 Å². The van der Waals surface area contributed by atoms with Crippen LogP contribution in [0.3, 0.4) is 0 Å². The molecule has 1 atom stereocenters. The highest BCUT2D eigenvalue weighted by molar-refractivity contribution is 4.97. The summed E-state index contributed by atoms with van der Waals surface area (Å²) in [4.78, 5) is 2.34. The Morgan fingerprint density at radius 3 is 2.71 bits per heavy atom. The molecular weight excluding hydrogens is 212 g/mol. The summed E-state index contributed by atoms with van der Waals surface area (Å²) in [6.45, 7) is 8.65. The largest absolute Gasteiger partial charge is 0.468 e. The second-order valence-electron chi connectivity index (χ2n) is 5.09. The van der Waals surface area contributed by atoms with Crippen LogP contribution in [0, 0.1) is 0 Å². The Morgan fingerprint density at radius 1 is 1.35 bits per heavy atom. The second-order valence-corrected chi connectivity index (χ2v) is 5.09. The Labute approximate surface area is 105 Å². The minimum Gasteiger partial charge on any atom is -0.468 e. The van der Waals surface area contributed by atoms with Gasteiger partial charge in [-0.05, 0) is 45.5 Å². The van der Waals surface area contributed by atoms with Crippen LogP contribution in [0.1, 0.15) is 39.4 Å². The third-order valence-electron chi connectivity index (χ3n) is 3.09. The maximum atomic E-state index is 5.36. The fourth-order valence-corrected chi connectivity index (χ4v) is 1.81. The molecule has 0 saturated carbocycles. The maximum absolute atomic E-state index is 5.36. The molecule has 17 heavy (non-hydrogen) atoms. The van der Waals surface area contributed by atoms with Gasteiger partial charge >= 0.3 is 0 Å². The molecule has 1 aromatic heterocycles. The number of furan rings is 1. The number of hydrogen-bond acceptors (Lipinski definition) is 3. The van der Waals surface area contributed by atoms with Crippen molar-refractivity contribution in [1.29, 1.82) is 0 Å². The van der Waals surface area contributed by atoms with Gasteiger partial charge in [0, 0.05) is 12.1 Å². The first kappa shape index (κ1) is 14.3. The van der Waals surface area contributed by atoms with E-state index in [2.05, 4.69) is 38.0 Å². The quantitative estimate of drug-likeness (QED) is 0.706. The Morgan fingerprint density at radius 2 is 2.12 bits per heavy atom. The van der Waals surface area contributed by atoms with Gasteiger partial charge < -0.3 is 9.73 Å². The average molecular weight is 238 g/mol. The molecule has 0 bridgehead atoms. The van der Waals surface area contributed by atoms with Crippen molar-refractivity contribution in [3.63, 3.8) is 0 Å². The molecule has 98 valence electrons. The van der Waals surface area contributed by atoms with Crippen LogP contribution in [0.4, 0.5) is 0 Å². The van der Waals surface area contributed by atoms with E-state index in [0.29, 0.717) is 12.1 Å². The van der Waals surface area contributed by atoms with Crippen LogP contribution in [0.15, 0.2) is 22.8 Å². The zero-order valence-corrected chi connectivity index (χ0v) is 11.6. The first-order valence-corrected chi connectivity index (χ1v) is 6.55. The van der Waals surface area contributed by atoms with E-state index in [4.69, 9.17) is 4.42 Å². The fourth-order valence-electron chi connectivity index (χ4n) is 1.81. The van der Waals surface area contributed by atoms with Crippen molar-refractivity contribution in [2.75, 3.05) is 13.6 Å². The minimum absolute atomic E-state index is 0.589. The normalized spacial score (nSPS) is 13.5. The van der Waals surface area contributed by atoms with Crippen LogP contribution in [0.2, 0.25) is 0 Å². The molecule has 1 N–H and O–H groups in total. The van der Waals surface area contributed by atoms with Crippen molar-refractivity contribution in [2.24, 2.45) is 0 Å². The summed E-state index contributed by atoms with van der Waals surface area (Å²) >= 11 is 0. The lowest BCUT2D eigenvalue weighted by Gasteiger charge is -2.23. The maximum Gasteiger partial charge on any atom is 0.117 e. The van der Waals surface area contributed by atoms with E-state index in [-0.39, 0.29) is 0 Å². The van der Waals surface area contributed by atoms with Gasteiger partial charge in [0.15, 0.2) is 0 Å². The van der Waals surface area contributed by atoms with Gasteiger partial charge in [0.05, 0.1) is 12.8 Å². The summed E-state index contributed by atoms with van der Waals surface area (Å²) in [6.07, 6.45) is 4.18. The number of rotatable bonds is 8. The molecule has 1 rings (SSSR count). The fraction of sp³-hybridized carbons (Fsp3) is 0.714. The lowest BCUT2D eigenvalue weighted by atomic mass is 10.1. The third kappa shape index (κ3) is 5.89. The van der Waals surface area contributed by atoms with Gasteiger partial charge in [-0.25, -0.2) is 0 Å². The minimum atomic E-state index is 0.589. The van der Waals surface area contributed by atoms with E-state index < -0.39 is 0 Å². The van der Waals surface area contributed by atoms with Gasteiger partial charge in [-0.3, -0.25) is 4.90 Å². The Balaban J connectivity index is 2.16. The van der Waals surface area contributed by atoms with Gasteiger partial charge in [-0.1, -0.05) is 13.8 Å². The summed E-state index contributed by atoms with van der Waals surface area (Å²) in [6, 6.07) is 5.16. The van der Waals surface area contributed by atoms with E-state index in [1.54, 1.807) is 6.26 Å². The van der Waals surface area contributed by atoms with Crippen LogP contribution in [0.25, 0.3) is 0 Å². The number of hydrogen-bond donors (Lipinski definition) is 1. The van der Waals surface area contributed by atoms with Crippen LogP contribution in [0.5, 0.6) is 0 Å². The molecule has 3 nitrogen and oxygen atoms in total. The Bertz CT molecular complexity index is 282. The first-order chi connectivity index (χ1) is 8.09. The van der Waals surface area contributed by atoms with E-state index >= 15 is 0 Å². The van der Waals surface area contributed by atoms with Crippen molar-refractivity contribution < 1.29 is 4.42 Å². The van der Waals surface area contributed by atoms with Crippen LogP contribution < -0.4 is 5.32 Å². The summed E-state index contributed by atoms with van der Waals surface area (Å²) in [7, 11) is 2.16. The predicted molar refractivity (Wildman–Crippen MR) is 72.0 cm³/mol. The molecule has 0 aliphatic heterocycles. The molecule has 0 aliphatic rings. The summed E-state index contributed by atoms with van der Waals surface area (Å²) in [5, 5.41) is 3.45.